The van der Waals surface area contributed by atoms with E-state index in [2.05, 4.69) is 10.4 Å². The summed E-state index contributed by atoms with van der Waals surface area (Å²) in [6.07, 6.45) is 1.44. The molecule has 1 amide bonds. The van der Waals surface area contributed by atoms with Crippen molar-refractivity contribution in [3.63, 3.8) is 0 Å². The minimum atomic E-state index is -1.14. The lowest BCUT2D eigenvalue weighted by atomic mass is 10.0. The molecule has 1 saturated heterocycles. The number of alkyl halides is 1. The molecule has 0 bridgehead atoms. The largest absolute Gasteiger partial charge is 0.487 e. The van der Waals surface area contributed by atoms with Gasteiger partial charge in [-0.2, -0.15) is 5.10 Å². The van der Waals surface area contributed by atoms with Crippen LogP contribution < -0.4 is 15.0 Å². The summed E-state index contributed by atoms with van der Waals surface area (Å²) in [4.78, 5) is 18.6. The number of rotatable bonds is 4. The zero-order chi connectivity index (χ0) is 20.8. The Morgan fingerprint density at radius 1 is 1.33 bits per heavy atom. The van der Waals surface area contributed by atoms with Gasteiger partial charge in [0.1, 0.15) is 17.7 Å². The third kappa shape index (κ3) is 3.16. The minimum Gasteiger partial charge on any atom is -0.487 e. The number of fused-ring (bicyclic) bond motifs is 2. The van der Waals surface area contributed by atoms with Gasteiger partial charge in [0.05, 0.1) is 36.1 Å². The molecule has 4 heterocycles. The monoisotopic (exact) mass is 409 g/mol. The maximum absolute atomic E-state index is 15.1. The van der Waals surface area contributed by atoms with Gasteiger partial charge in [-0.3, -0.25) is 9.48 Å². The minimum absolute atomic E-state index is 0.0835. The van der Waals surface area contributed by atoms with E-state index in [1.165, 1.54) is 0 Å². The third-order valence-electron chi connectivity index (χ3n) is 5.99. The number of carbonyl (C=O) groups is 1. The van der Waals surface area contributed by atoms with Crippen molar-refractivity contribution in [1.82, 2.24) is 20.1 Å². The molecule has 30 heavy (non-hydrogen) atoms. The van der Waals surface area contributed by atoms with Crippen LogP contribution in [-0.2, 0) is 20.0 Å². The van der Waals surface area contributed by atoms with E-state index in [1.807, 2.05) is 43.1 Å². The van der Waals surface area contributed by atoms with Crippen LogP contribution in [0.4, 0.5) is 10.2 Å². The number of ether oxygens (including phenoxy) is 1. The van der Waals surface area contributed by atoms with Crippen LogP contribution in [0.15, 0.2) is 30.5 Å². The fraction of sp³-hybridized carbons (Fsp3) is 0.409. The van der Waals surface area contributed by atoms with Gasteiger partial charge >= 0.3 is 0 Å². The molecule has 2 aliphatic rings. The van der Waals surface area contributed by atoms with Crippen molar-refractivity contribution < 1.29 is 13.9 Å². The van der Waals surface area contributed by atoms with E-state index in [0.717, 1.165) is 34.4 Å². The number of nitrogens with one attached hydrogen (secondary N) is 1. The van der Waals surface area contributed by atoms with Gasteiger partial charge in [0.15, 0.2) is 6.17 Å². The zero-order valence-corrected chi connectivity index (χ0v) is 17.1. The van der Waals surface area contributed by atoms with Crippen LogP contribution >= 0.6 is 0 Å². The van der Waals surface area contributed by atoms with Gasteiger partial charge in [-0.15, -0.1) is 0 Å². The maximum Gasteiger partial charge on any atom is 0.253 e. The molecule has 0 aliphatic carbocycles. The molecule has 1 fully saturated rings. The first-order valence-corrected chi connectivity index (χ1v) is 10.3. The van der Waals surface area contributed by atoms with Crippen LogP contribution in [-0.4, -0.2) is 46.0 Å². The van der Waals surface area contributed by atoms with E-state index >= 15 is 4.39 Å². The molecule has 2 aromatic heterocycles. The fourth-order valence-corrected chi connectivity index (χ4v) is 4.30. The first-order chi connectivity index (χ1) is 14.5. The lowest BCUT2D eigenvalue weighted by Gasteiger charge is -2.36. The average molecular weight is 409 g/mol. The van der Waals surface area contributed by atoms with Crippen LogP contribution in [0.5, 0.6) is 5.75 Å². The van der Waals surface area contributed by atoms with Gasteiger partial charge in [0.2, 0.25) is 0 Å². The molecule has 0 spiro atoms. The first-order valence-electron chi connectivity index (χ1n) is 10.3. The zero-order valence-electron chi connectivity index (χ0n) is 17.1. The molecule has 8 heteroatoms. The second-order valence-corrected chi connectivity index (χ2v) is 7.90. The molecule has 2 aliphatic heterocycles. The lowest BCUT2D eigenvalue weighted by molar-refractivity contribution is 0.0820. The molecule has 156 valence electrons. The van der Waals surface area contributed by atoms with E-state index in [9.17, 15) is 4.79 Å². The standard InChI is InChI=1S/C22H24FN5O2/c1-3-13-9-16-18(11-24-22(16)29)26-21(13)28-7-6-20(17(23)12-28)30-15-4-5-19-14(8-15)10-25-27(19)2/h4-5,8-10,17,20H,3,6-7,11-12H2,1-2H3,(H,24,29). The Labute approximate surface area is 173 Å². The summed E-state index contributed by atoms with van der Waals surface area (Å²) in [6.45, 7) is 3.33. The van der Waals surface area contributed by atoms with Crippen molar-refractivity contribution >= 4 is 22.6 Å². The molecular weight excluding hydrogens is 385 g/mol. The quantitative estimate of drug-likeness (QED) is 0.718. The van der Waals surface area contributed by atoms with E-state index in [-0.39, 0.29) is 12.5 Å². The highest BCUT2D eigenvalue weighted by Gasteiger charge is 2.33. The topological polar surface area (TPSA) is 72.3 Å². The highest BCUT2D eigenvalue weighted by atomic mass is 19.1. The number of halogens is 1. The van der Waals surface area contributed by atoms with Crippen LogP contribution in [0.2, 0.25) is 0 Å². The van der Waals surface area contributed by atoms with Crippen LogP contribution in [0.3, 0.4) is 0 Å². The van der Waals surface area contributed by atoms with Gasteiger partial charge in [0.25, 0.3) is 5.91 Å². The Bertz CT molecular complexity index is 1130. The van der Waals surface area contributed by atoms with E-state index in [0.29, 0.717) is 30.8 Å². The molecule has 2 unspecified atom stereocenters. The maximum atomic E-state index is 15.1. The number of aryl methyl sites for hydroxylation is 2. The van der Waals surface area contributed by atoms with Crippen molar-refractivity contribution in [3.05, 3.63) is 47.3 Å². The Morgan fingerprint density at radius 2 is 2.20 bits per heavy atom. The lowest BCUT2D eigenvalue weighted by Crippen LogP contribution is -2.47. The van der Waals surface area contributed by atoms with Gasteiger partial charge < -0.3 is 15.0 Å². The average Bonchev–Trinajstić information content (AvgIpc) is 3.30. The van der Waals surface area contributed by atoms with E-state index < -0.39 is 12.3 Å². The van der Waals surface area contributed by atoms with E-state index in [4.69, 9.17) is 9.72 Å². The number of hydrogen-bond acceptors (Lipinski definition) is 5. The Balaban J connectivity index is 1.32. The molecule has 0 saturated carbocycles. The number of amides is 1. The van der Waals surface area contributed by atoms with Crippen molar-refractivity contribution in [2.24, 2.45) is 7.05 Å². The second kappa shape index (κ2) is 7.27. The van der Waals surface area contributed by atoms with Crippen molar-refractivity contribution in [2.75, 3.05) is 18.0 Å². The Kier molecular flexibility index (Phi) is 4.56. The number of anilines is 1. The summed E-state index contributed by atoms with van der Waals surface area (Å²) in [5, 5.41) is 8.01. The number of benzene rings is 1. The number of piperidine rings is 1. The molecule has 2 atom stereocenters. The summed E-state index contributed by atoms with van der Waals surface area (Å²) in [7, 11) is 1.89. The molecule has 3 aromatic rings. The summed E-state index contributed by atoms with van der Waals surface area (Å²) in [5.74, 6) is 1.36. The number of aromatic nitrogens is 3. The second-order valence-electron chi connectivity index (χ2n) is 7.90. The molecule has 1 aromatic carbocycles. The summed E-state index contributed by atoms with van der Waals surface area (Å²) in [5.41, 5.74) is 3.36. The molecule has 5 rings (SSSR count). The molecule has 1 N–H and O–H groups in total. The highest BCUT2D eigenvalue weighted by Crippen LogP contribution is 2.30. The Hall–Kier alpha value is -3.16. The first kappa shape index (κ1) is 18.8. The van der Waals surface area contributed by atoms with Crippen molar-refractivity contribution in [3.8, 4) is 5.75 Å². The highest BCUT2D eigenvalue weighted by molar-refractivity contribution is 5.98. The molecular formula is C22H24FN5O2. The third-order valence-corrected chi connectivity index (χ3v) is 5.99. The predicted molar refractivity (Wildman–Crippen MR) is 112 cm³/mol. The SMILES string of the molecule is CCc1cc2c(nc1N1CCC(Oc3ccc4c(cnn4C)c3)C(F)C1)CNC2=O. The number of hydrogen-bond donors (Lipinski definition) is 1. The van der Waals surface area contributed by atoms with Crippen LogP contribution in [0.1, 0.15) is 35.0 Å². The fourth-order valence-electron chi connectivity index (χ4n) is 4.30. The van der Waals surface area contributed by atoms with E-state index in [1.54, 1.807) is 10.9 Å². The molecule has 7 nitrogen and oxygen atoms in total. The normalized spacial score (nSPS) is 21.0. The van der Waals surface area contributed by atoms with Gasteiger partial charge in [-0.25, -0.2) is 9.37 Å². The predicted octanol–water partition coefficient (Wildman–Crippen LogP) is 2.77. The van der Waals surface area contributed by atoms with Crippen LogP contribution in [0.25, 0.3) is 10.9 Å². The van der Waals surface area contributed by atoms with Crippen molar-refractivity contribution in [1.29, 1.82) is 0 Å². The number of nitrogens with zero attached hydrogens (tertiary/aromatic N) is 4. The van der Waals surface area contributed by atoms with Gasteiger partial charge in [-0.05, 0) is 36.2 Å². The number of carbonyl (C=O) groups excluding carboxylic acids is 1. The van der Waals surface area contributed by atoms with Gasteiger partial charge in [-0.1, -0.05) is 6.92 Å². The summed E-state index contributed by atoms with van der Waals surface area (Å²) >= 11 is 0. The summed E-state index contributed by atoms with van der Waals surface area (Å²) < 4.78 is 22.9. The smallest absolute Gasteiger partial charge is 0.253 e. The molecule has 0 radical (unpaired) electrons. The summed E-state index contributed by atoms with van der Waals surface area (Å²) in [6, 6.07) is 7.61. The van der Waals surface area contributed by atoms with Crippen LogP contribution in [0, 0.1) is 0 Å². The van der Waals surface area contributed by atoms with Gasteiger partial charge in [0, 0.05) is 25.4 Å². The van der Waals surface area contributed by atoms with Crippen molar-refractivity contribution in [2.45, 2.75) is 38.6 Å². The number of pyridine rings is 1. The Morgan fingerprint density at radius 3 is 3.00 bits per heavy atom.